The van der Waals surface area contributed by atoms with E-state index in [-0.39, 0.29) is 0 Å². The predicted molar refractivity (Wildman–Crippen MR) is 66.0 cm³/mol. The van der Waals surface area contributed by atoms with E-state index in [1.807, 2.05) is 0 Å². The van der Waals surface area contributed by atoms with E-state index in [1.165, 1.54) is 25.7 Å². The number of nitrogens with one attached hydrogen (secondary N) is 1. The zero-order valence-corrected chi connectivity index (χ0v) is 10.3. The minimum absolute atomic E-state index is 0.385. The maximum atomic E-state index is 6.08. The first-order valence-electron chi connectivity index (χ1n) is 6.49. The van der Waals surface area contributed by atoms with E-state index in [1.54, 1.807) is 0 Å². The first-order chi connectivity index (χ1) is 7.27. The fourth-order valence-corrected chi connectivity index (χ4v) is 2.36. The van der Waals surface area contributed by atoms with Gasteiger partial charge in [0.2, 0.25) is 0 Å². The summed E-state index contributed by atoms with van der Waals surface area (Å²) in [6.45, 7) is 8.96. The van der Waals surface area contributed by atoms with E-state index in [2.05, 4.69) is 24.1 Å². The molecule has 0 aliphatic heterocycles. The highest BCUT2D eigenvalue weighted by atomic mass is 15.1. The number of hydrogen-bond acceptors (Lipinski definition) is 3. The molecule has 1 aliphatic rings. The first-order valence-corrected chi connectivity index (χ1v) is 6.49. The van der Waals surface area contributed by atoms with Crippen LogP contribution >= 0.6 is 0 Å². The largest absolute Gasteiger partial charge is 0.326 e. The summed E-state index contributed by atoms with van der Waals surface area (Å²) in [6.07, 6.45) is 5.12. The van der Waals surface area contributed by atoms with Gasteiger partial charge in [0.05, 0.1) is 0 Å². The number of likely N-dealkylation sites (N-methyl/N-ethyl adjacent to an activating group) is 1. The lowest BCUT2D eigenvalue weighted by molar-refractivity contribution is 0.274. The molecule has 1 aliphatic carbocycles. The summed E-state index contributed by atoms with van der Waals surface area (Å²) in [7, 11) is 0. The molecule has 0 aromatic rings. The van der Waals surface area contributed by atoms with Gasteiger partial charge < -0.3 is 16.0 Å². The van der Waals surface area contributed by atoms with Crippen LogP contribution in [0.25, 0.3) is 0 Å². The summed E-state index contributed by atoms with van der Waals surface area (Å²) in [5, 5.41) is 3.60. The smallest absolute Gasteiger partial charge is 0.0219 e. The fraction of sp³-hybridized carbons (Fsp3) is 1.00. The molecule has 0 aromatic carbocycles. The molecule has 0 aromatic heterocycles. The van der Waals surface area contributed by atoms with Gasteiger partial charge in [0.15, 0.2) is 0 Å². The third-order valence-corrected chi connectivity index (χ3v) is 3.55. The maximum absolute atomic E-state index is 6.08. The van der Waals surface area contributed by atoms with Crippen molar-refractivity contribution in [3.63, 3.8) is 0 Å². The average molecular weight is 213 g/mol. The van der Waals surface area contributed by atoms with Crippen molar-refractivity contribution >= 4 is 0 Å². The molecule has 1 fully saturated rings. The zero-order chi connectivity index (χ0) is 11.1. The van der Waals surface area contributed by atoms with E-state index in [0.717, 1.165) is 26.2 Å². The zero-order valence-electron chi connectivity index (χ0n) is 10.3. The highest BCUT2D eigenvalue weighted by Gasteiger charge is 2.20. The standard InChI is InChI=1S/C12H27N3/c1-3-15(4-2)10-9-14-12-8-6-5-7-11(12)13/h11-12,14H,3-10,13H2,1-2H3/t11-,12+/m1/s1. The highest BCUT2D eigenvalue weighted by Crippen LogP contribution is 2.16. The fourth-order valence-electron chi connectivity index (χ4n) is 2.36. The van der Waals surface area contributed by atoms with Gasteiger partial charge in [0.1, 0.15) is 0 Å². The molecule has 0 saturated heterocycles. The van der Waals surface area contributed by atoms with Crippen molar-refractivity contribution in [2.45, 2.75) is 51.6 Å². The van der Waals surface area contributed by atoms with Gasteiger partial charge in [-0.3, -0.25) is 0 Å². The van der Waals surface area contributed by atoms with Crippen LogP contribution in [0.1, 0.15) is 39.5 Å². The van der Waals surface area contributed by atoms with Crippen LogP contribution in [0.3, 0.4) is 0 Å². The monoisotopic (exact) mass is 213 g/mol. The van der Waals surface area contributed by atoms with Gasteiger partial charge in [0, 0.05) is 25.2 Å². The van der Waals surface area contributed by atoms with Crippen molar-refractivity contribution in [2.24, 2.45) is 5.73 Å². The summed E-state index contributed by atoms with van der Waals surface area (Å²) in [4.78, 5) is 2.45. The molecule has 3 heteroatoms. The molecule has 3 nitrogen and oxygen atoms in total. The molecule has 90 valence electrons. The van der Waals surface area contributed by atoms with Crippen LogP contribution in [0.15, 0.2) is 0 Å². The van der Waals surface area contributed by atoms with Gasteiger partial charge in [-0.05, 0) is 25.9 Å². The molecule has 15 heavy (non-hydrogen) atoms. The van der Waals surface area contributed by atoms with E-state index in [4.69, 9.17) is 5.73 Å². The van der Waals surface area contributed by atoms with Gasteiger partial charge in [0.25, 0.3) is 0 Å². The van der Waals surface area contributed by atoms with Crippen LogP contribution in [0.4, 0.5) is 0 Å². The second-order valence-electron chi connectivity index (χ2n) is 4.54. The summed E-state index contributed by atoms with van der Waals surface area (Å²) >= 11 is 0. The Bertz CT molecular complexity index is 157. The van der Waals surface area contributed by atoms with Crippen LogP contribution in [0.2, 0.25) is 0 Å². The molecule has 0 bridgehead atoms. The van der Waals surface area contributed by atoms with E-state index < -0.39 is 0 Å². The minimum atomic E-state index is 0.385. The average Bonchev–Trinajstić information content (AvgIpc) is 2.27. The highest BCUT2D eigenvalue weighted by molar-refractivity contribution is 4.83. The first kappa shape index (κ1) is 12.9. The lowest BCUT2D eigenvalue weighted by Gasteiger charge is -2.30. The van der Waals surface area contributed by atoms with Gasteiger partial charge in [-0.1, -0.05) is 26.7 Å². The Hall–Kier alpha value is -0.120. The Labute approximate surface area is 94.4 Å². The topological polar surface area (TPSA) is 41.3 Å². The molecular formula is C12H27N3. The van der Waals surface area contributed by atoms with Crippen molar-refractivity contribution in [1.82, 2.24) is 10.2 Å². The van der Waals surface area contributed by atoms with E-state index in [9.17, 15) is 0 Å². The Morgan fingerprint density at radius 2 is 1.87 bits per heavy atom. The molecule has 3 N–H and O–H groups in total. The Balaban J connectivity index is 2.12. The molecular weight excluding hydrogens is 186 g/mol. The van der Waals surface area contributed by atoms with Crippen molar-refractivity contribution in [3.8, 4) is 0 Å². The van der Waals surface area contributed by atoms with Crippen LogP contribution in [-0.4, -0.2) is 43.2 Å². The summed E-state index contributed by atoms with van der Waals surface area (Å²) in [6, 6.07) is 0.949. The minimum Gasteiger partial charge on any atom is -0.326 e. The maximum Gasteiger partial charge on any atom is 0.0219 e. The van der Waals surface area contributed by atoms with E-state index >= 15 is 0 Å². The lowest BCUT2D eigenvalue weighted by Crippen LogP contribution is -2.49. The van der Waals surface area contributed by atoms with Crippen LogP contribution in [0.5, 0.6) is 0 Å². The quantitative estimate of drug-likeness (QED) is 0.696. The third kappa shape index (κ3) is 4.49. The molecule has 0 unspecified atom stereocenters. The lowest BCUT2D eigenvalue weighted by atomic mass is 9.91. The van der Waals surface area contributed by atoms with Crippen LogP contribution in [-0.2, 0) is 0 Å². The number of rotatable bonds is 6. The Morgan fingerprint density at radius 3 is 2.47 bits per heavy atom. The van der Waals surface area contributed by atoms with Gasteiger partial charge >= 0.3 is 0 Å². The normalized spacial score (nSPS) is 27.2. The van der Waals surface area contributed by atoms with Crippen LogP contribution < -0.4 is 11.1 Å². The number of nitrogens with zero attached hydrogens (tertiary/aromatic N) is 1. The summed E-state index contributed by atoms with van der Waals surface area (Å²) in [5.41, 5.74) is 6.08. The predicted octanol–water partition coefficient (Wildman–Crippen LogP) is 1.19. The summed E-state index contributed by atoms with van der Waals surface area (Å²) in [5.74, 6) is 0. The van der Waals surface area contributed by atoms with E-state index in [0.29, 0.717) is 12.1 Å². The Morgan fingerprint density at radius 1 is 1.20 bits per heavy atom. The second-order valence-corrected chi connectivity index (χ2v) is 4.54. The van der Waals surface area contributed by atoms with Crippen molar-refractivity contribution in [1.29, 1.82) is 0 Å². The number of nitrogens with two attached hydrogens (primary N) is 1. The Kier molecular flexibility index (Phi) is 6.22. The van der Waals surface area contributed by atoms with Gasteiger partial charge in [-0.25, -0.2) is 0 Å². The summed E-state index contributed by atoms with van der Waals surface area (Å²) < 4.78 is 0. The second kappa shape index (κ2) is 7.20. The molecule has 0 heterocycles. The SMILES string of the molecule is CCN(CC)CCN[C@H]1CCCC[C@H]1N. The molecule has 1 rings (SSSR count). The van der Waals surface area contributed by atoms with Gasteiger partial charge in [-0.2, -0.15) is 0 Å². The molecule has 2 atom stereocenters. The van der Waals surface area contributed by atoms with Crippen molar-refractivity contribution in [2.75, 3.05) is 26.2 Å². The molecule has 0 amide bonds. The van der Waals surface area contributed by atoms with Crippen LogP contribution in [0, 0.1) is 0 Å². The molecule has 1 saturated carbocycles. The van der Waals surface area contributed by atoms with Crippen molar-refractivity contribution < 1.29 is 0 Å². The third-order valence-electron chi connectivity index (χ3n) is 3.55. The van der Waals surface area contributed by atoms with Gasteiger partial charge in [-0.15, -0.1) is 0 Å². The molecule has 0 radical (unpaired) electrons. The van der Waals surface area contributed by atoms with Crippen molar-refractivity contribution in [3.05, 3.63) is 0 Å². The molecule has 0 spiro atoms. The number of hydrogen-bond donors (Lipinski definition) is 2.